The summed E-state index contributed by atoms with van der Waals surface area (Å²) in [4.78, 5) is 39.5. The fourth-order valence-electron chi connectivity index (χ4n) is 2.50. The highest BCUT2D eigenvalue weighted by atomic mass is 35.5. The number of ether oxygens (including phenoxy) is 1. The molecule has 0 spiro atoms. The average Bonchev–Trinajstić information content (AvgIpc) is 2.55. The molecule has 1 fully saturated rings. The third kappa shape index (κ3) is 5.19. The van der Waals surface area contributed by atoms with Gasteiger partial charge in [0.25, 0.3) is 5.91 Å². The minimum atomic E-state index is -1.13. The first kappa shape index (κ1) is 18.2. The first-order valence-corrected chi connectivity index (χ1v) is 8.28. The summed E-state index contributed by atoms with van der Waals surface area (Å²) in [6.07, 6.45) is 5.42. The van der Waals surface area contributed by atoms with Gasteiger partial charge in [-0.15, -0.1) is 0 Å². The Morgan fingerprint density at radius 3 is 2.67 bits per heavy atom. The molecule has 1 aliphatic carbocycles. The molecule has 1 atom stereocenters. The van der Waals surface area contributed by atoms with Gasteiger partial charge in [0.05, 0.1) is 5.56 Å². The lowest BCUT2D eigenvalue weighted by Crippen LogP contribution is -2.48. The molecule has 2 N–H and O–H groups in total. The van der Waals surface area contributed by atoms with E-state index >= 15 is 0 Å². The van der Waals surface area contributed by atoms with Crippen LogP contribution in [0.5, 0.6) is 0 Å². The molecule has 1 saturated carbocycles. The molecule has 3 amide bonds. The summed E-state index contributed by atoms with van der Waals surface area (Å²) in [5.41, 5.74) is 0.0606. The maximum Gasteiger partial charge on any atom is 0.342 e. The van der Waals surface area contributed by atoms with Crippen LogP contribution in [0.15, 0.2) is 18.3 Å². The van der Waals surface area contributed by atoms with Gasteiger partial charge in [-0.3, -0.25) is 10.1 Å². The second-order valence-corrected chi connectivity index (χ2v) is 6.04. The SMILES string of the molecule is C[C@@H](OC(=O)c1cccnc1Cl)C(=O)NC(=O)NC1CCCCC1. The number of carbonyl (C=O) groups is 3. The predicted molar refractivity (Wildman–Crippen MR) is 87.7 cm³/mol. The van der Waals surface area contributed by atoms with Crippen LogP contribution in [0, 0.1) is 0 Å². The quantitative estimate of drug-likeness (QED) is 0.640. The van der Waals surface area contributed by atoms with Crippen molar-refractivity contribution >= 4 is 29.5 Å². The van der Waals surface area contributed by atoms with Crippen LogP contribution < -0.4 is 10.6 Å². The van der Waals surface area contributed by atoms with Gasteiger partial charge in [-0.2, -0.15) is 0 Å². The van der Waals surface area contributed by atoms with Crippen LogP contribution in [0.2, 0.25) is 5.15 Å². The van der Waals surface area contributed by atoms with Crippen LogP contribution >= 0.6 is 11.6 Å². The predicted octanol–water partition coefficient (Wildman–Crippen LogP) is 2.44. The highest BCUT2D eigenvalue weighted by Gasteiger charge is 2.23. The summed E-state index contributed by atoms with van der Waals surface area (Å²) in [5, 5.41) is 4.93. The molecule has 0 aromatic carbocycles. The molecule has 8 heteroatoms. The number of hydrogen-bond donors (Lipinski definition) is 2. The highest BCUT2D eigenvalue weighted by Crippen LogP contribution is 2.17. The van der Waals surface area contributed by atoms with Crippen molar-refractivity contribution in [3.05, 3.63) is 29.0 Å². The number of rotatable bonds is 4. The standard InChI is InChI=1S/C16H20ClN3O4/c1-10(24-15(22)12-8-5-9-18-13(12)17)14(21)20-16(23)19-11-6-3-2-4-7-11/h5,8-11H,2-4,6-7H2,1H3,(H2,19,20,21,23)/t10-/m1/s1. The number of imide groups is 1. The number of nitrogens with one attached hydrogen (secondary N) is 2. The lowest BCUT2D eigenvalue weighted by molar-refractivity contribution is -0.127. The van der Waals surface area contributed by atoms with Crippen LogP contribution in [0.25, 0.3) is 0 Å². The van der Waals surface area contributed by atoms with Crippen LogP contribution in [0.4, 0.5) is 4.79 Å². The summed E-state index contributed by atoms with van der Waals surface area (Å²) in [7, 11) is 0. The zero-order valence-electron chi connectivity index (χ0n) is 13.4. The lowest BCUT2D eigenvalue weighted by atomic mass is 9.96. The van der Waals surface area contributed by atoms with E-state index in [4.69, 9.17) is 16.3 Å². The molecule has 0 aliphatic heterocycles. The monoisotopic (exact) mass is 353 g/mol. The summed E-state index contributed by atoms with van der Waals surface area (Å²) in [6, 6.07) is 2.48. The fraction of sp³-hybridized carbons (Fsp3) is 0.500. The van der Waals surface area contributed by atoms with Crippen molar-refractivity contribution in [3.8, 4) is 0 Å². The number of esters is 1. The van der Waals surface area contributed by atoms with Gasteiger partial charge in [-0.25, -0.2) is 14.6 Å². The van der Waals surface area contributed by atoms with Gasteiger partial charge in [0.15, 0.2) is 6.10 Å². The smallest absolute Gasteiger partial charge is 0.342 e. The Morgan fingerprint density at radius 1 is 1.29 bits per heavy atom. The topological polar surface area (TPSA) is 97.4 Å². The number of carbonyl (C=O) groups excluding carboxylic acids is 3. The van der Waals surface area contributed by atoms with Gasteiger partial charge in [-0.05, 0) is 31.9 Å². The number of amides is 3. The minimum Gasteiger partial charge on any atom is -0.449 e. The van der Waals surface area contributed by atoms with Crippen LogP contribution in [-0.4, -0.2) is 35.0 Å². The molecule has 24 heavy (non-hydrogen) atoms. The Labute approximate surface area is 145 Å². The van der Waals surface area contributed by atoms with E-state index in [0.29, 0.717) is 0 Å². The molecule has 0 bridgehead atoms. The van der Waals surface area contributed by atoms with Crippen molar-refractivity contribution in [2.45, 2.75) is 51.2 Å². The molecule has 0 saturated heterocycles. The maximum absolute atomic E-state index is 12.0. The number of aromatic nitrogens is 1. The number of pyridine rings is 1. The third-order valence-corrected chi connectivity index (χ3v) is 4.11. The molecule has 130 valence electrons. The van der Waals surface area contributed by atoms with E-state index in [1.807, 2.05) is 0 Å². The summed E-state index contributed by atoms with van der Waals surface area (Å²) in [6.45, 7) is 1.38. The first-order chi connectivity index (χ1) is 11.5. The molecule has 1 aromatic heterocycles. The Kier molecular flexibility index (Phi) is 6.54. The Morgan fingerprint density at radius 2 is 2.00 bits per heavy atom. The second-order valence-electron chi connectivity index (χ2n) is 5.69. The zero-order valence-corrected chi connectivity index (χ0v) is 14.1. The molecule has 1 heterocycles. The average molecular weight is 354 g/mol. The van der Waals surface area contributed by atoms with Gasteiger partial charge in [0.2, 0.25) is 0 Å². The fourth-order valence-corrected chi connectivity index (χ4v) is 2.69. The summed E-state index contributed by atoms with van der Waals surface area (Å²) in [5.74, 6) is -1.47. The van der Waals surface area contributed by atoms with Gasteiger partial charge in [-0.1, -0.05) is 30.9 Å². The van der Waals surface area contributed by atoms with E-state index < -0.39 is 24.0 Å². The molecule has 7 nitrogen and oxygen atoms in total. The molecule has 2 rings (SSSR count). The van der Waals surface area contributed by atoms with Gasteiger partial charge < -0.3 is 10.1 Å². The van der Waals surface area contributed by atoms with E-state index in [1.165, 1.54) is 31.7 Å². The first-order valence-electron chi connectivity index (χ1n) is 7.90. The maximum atomic E-state index is 12.0. The van der Waals surface area contributed by atoms with Crippen molar-refractivity contribution in [2.24, 2.45) is 0 Å². The minimum absolute atomic E-state index is 0.00912. The summed E-state index contributed by atoms with van der Waals surface area (Å²) < 4.78 is 5.01. The van der Waals surface area contributed by atoms with Gasteiger partial charge in [0.1, 0.15) is 5.15 Å². The van der Waals surface area contributed by atoms with E-state index in [2.05, 4.69) is 15.6 Å². The third-order valence-electron chi connectivity index (χ3n) is 3.81. The summed E-state index contributed by atoms with van der Waals surface area (Å²) >= 11 is 5.80. The highest BCUT2D eigenvalue weighted by molar-refractivity contribution is 6.32. The Hall–Kier alpha value is -2.15. The van der Waals surface area contributed by atoms with E-state index in [1.54, 1.807) is 0 Å². The Balaban J connectivity index is 1.82. The number of nitrogens with zero attached hydrogens (tertiary/aromatic N) is 1. The van der Waals surface area contributed by atoms with Crippen LogP contribution in [0.3, 0.4) is 0 Å². The zero-order chi connectivity index (χ0) is 17.5. The van der Waals surface area contributed by atoms with Crippen LogP contribution in [0.1, 0.15) is 49.4 Å². The van der Waals surface area contributed by atoms with Crippen molar-refractivity contribution in [1.82, 2.24) is 15.6 Å². The normalized spacial score (nSPS) is 16.1. The molecule has 0 unspecified atom stereocenters. The van der Waals surface area contributed by atoms with Gasteiger partial charge in [0, 0.05) is 12.2 Å². The van der Waals surface area contributed by atoms with E-state index in [0.717, 1.165) is 25.7 Å². The van der Waals surface area contributed by atoms with E-state index in [-0.39, 0.29) is 16.8 Å². The lowest BCUT2D eigenvalue weighted by Gasteiger charge is -2.23. The second kappa shape index (κ2) is 8.63. The largest absolute Gasteiger partial charge is 0.449 e. The van der Waals surface area contributed by atoms with Crippen molar-refractivity contribution in [3.63, 3.8) is 0 Å². The molecular weight excluding hydrogens is 334 g/mol. The number of halogens is 1. The Bertz CT molecular complexity index is 617. The molecule has 0 radical (unpaired) electrons. The molecular formula is C16H20ClN3O4. The molecule has 1 aliphatic rings. The van der Waals surface area contributed by atoms with Gasteiger partial charge >= 0.3 is 12.0 Å². The molecule has 1 aromatic rings. The van der Waals surface area contributed by atoms with Crippen molar-refractivity contribution in [1.29, 1.82) is 0 Å². The van der Waals surface area contributed by atoms with Crippen molar-refractivity contribution < 1.29 is 19.1 Å². The number of urea groups is 1. The number of hydrogen-bond acceptors (Lipinski definition) is 5. The van der Waals surface area contributed by atoms with E-state index in [9.17, 15) is 14.4 Å². The van der Waals surface area contributed by atoms with Crippen LogP contribution in [-0.2, 0) is 9.53 Å². The van der Waals surface area contributed by atoms with Crippen molar-refractivity contribution in [2.75, 3.05) is 0 Å².